The molecule has 0 aliphatic carbocycles. The Bertz CT molecular complexity index is 2560. The molecule has 0 saturated carbocycles. The topological polar surface area (TPSA) is 145 Å². The summed E-state index contributed by atoms with van der Waals surface area (Å²) in [5.74, 6) is 0. The zero-order valence-corrected chi connectivity index (χ0v) is 29.4. The molecule has 9 rings (SSSR count). The average Bonchev–Trinajstić information content (AvgIpc) is 4.10. The van der Waals surface area contributed by atoms with Crippen molar-refractivity contribution >= 4 is 45.1 Å². The van der Waals surface area contributed by atoms with E-state index in [1.165, 1.54) is 0 Å². The number of fused-ring (bicyclic) bond motifs is 4. The largest absolute Gasteiger partial charge is 0.248 e. The summed E-state index contributed by atoms with van der Waals surface area (Å²) in [6.45, 7) is 0. The highest BCUT2D eigenvalue weighted by Gasteiger charge is 2.27. The maximum Gasteiger partial charge on any atom is 0.0991 e. The highest BCUT2D eigenvalue weighted by atomic mass is 14.9. The third-order valence-corrected chi connectivity index (χ3v) is 9.82. The predicted molar refractivity (Wildman–Crippen MR) is 219 cm³/mol. The van der Waals surface area contributed by atoms with E-state index in [1.54, 1.807) is 48.5 Å². The molecule has 56 heavy (non-hydrogen) atoms. The van der Waals surface area contributed by atoms with Crippen LogP contribution in [0.1, 0.15) is 44.5 Å². The van der Waals surface area contributed by atoms with Crippen LogP contribution in [-0.2, 0) is 0 Å². The molecular weight excluding hydrogens is 689 g/mol. The smallest absolute Gasteiger partial charge is 0.0991 e. The molecule has 4 aromatic carbocycles. The van der Waals surface area contributed by atoms with Gasteiger partial charge in [-0.1, -0.05) is 48.5 Å². The van der Waals surface area contributed by atoms with Gasteiger partial charge in [0, 0.05) is 22.3 Å². The first kappa shape index (κ1) is 33.3. The SMILES string of the molecule is N#Cc1ccc(C2=C3C=CC(=N3)C(c3ccc(C#N)cc3)=C3C=CC(=N3)C(c3ccc(C#N)cc3)=C3C=CC(=N3)C(c3ccc(C#N)cc3)=C3C=CC2=N3)cc1. The third-order valence-electron chi connectivity index (χ3n) is 9.82. The van der Waals surface area contributed by atoms with E-state index in [9.17, 15) is 21.0 Å². The number of rotatable bonds is 4. The molecule has 0 unspecified atom stereocenters. The van der Waals surface area contributed by atoms with Crippen LogP contribution in [-0.4, -0.2) is 22.8 Å². The van der Waals surface area contributed by atoms with Crippen LogP contribution in [0.15, 0.2) is 188 Å². The highest BCUT2D eigenvalue weighted by molar-refractivity contribution is 6.39. The van der Waals surface area contributed by atoms with Gasteiger partial charge in [0.25, 0.3) is 0 Å². The van der Waals surface area contributed by atoms with Gasteiger partial charge in [-0.3, -0.25) is 0 Å². The quantitative estimate of drug-likeness (QED) is 0.208. The summed E-state index contributed by atoms with van der Waals surface area (Å²) in [6.07, 6.45) is 15.7. The second-order valence-electron chi connectivity index (χ2n) is 13.1. The number of benzene rings is 4. The summed E-state index contributed by atoms with van der Waals surface area (Å²) in [5.41, 5.74) is 14.0. The molecule has 0 radical (unpaired) electrons. The summed E-state index contributed by atoms with van der Waals surface area (Å²) in [4.78, 5) is 21.0. The van der Waals surface area contributed by atoms with Crippen LogP contribution in [0.3, 0.4) is 0 Å². The van der Waals surface area contributed by atoms with Crippen LogP contribution >= 0.6 is 0 Å². The molecule has 4 aromatic rings. The van der Waals surface area contributed by atoms with Crippen molar-refractivity contribution in [2.45, 2.75) is 0 Å². The Balaban J connectivity index is 1.36. The highest BCUT2D eigenvalue weighted by Crippen LogP contribution is 2.38. The van der Waals surface area contributed by atoms with Crippen molar-refractivity contribution in [3.63, 3.8) is 0 Å². The summed E-state index contributed by atoms with van der Waals surface area (Å²) in [5, 5.41) is 38.3. The Labute approximate surface area is 322 Å². The normalized spacial score (nSPS) is 16.4. The van der Waals surface area contributed by atoms with Crippen molar-refractivity contribution in [3.05, 3.63) is 213 Å². The first-order chi connectivity index (χ1) is 27.5. The maximum absolute atomic E-state index is 9.57. The van der Waals surface area contributed by atoms with Gasteiger partial charge in [0.2, 0.25) is 0 Å². The van der Waals surface area contributed by atoms with Crippen LogP contribution in [0.25, 0.3) is 22.3 Å². The molecule has 0 aromatic heterocycles. The molecular formula is C48H24N8. The van der Waals surface area contributed by atoms with Gasteiger partial charge >= 0.3 is 0 Å². The zero-order valence-electron chi connectivity index (χ0n) is 29.4. The standard InChI is InChI=1S/C48H24N8/c49-25-29-1-9-33(10-2-29)45-37-17-19-39(53-37)46(34-11-3-30(26-50)4-12-34)41-21-23-43(55-41)48(36-15-7-32(28-52)8-16-36)44-24-22-42(56-44)47(40-20-18-38(45)54-40)35-13-5-31(27-51)6-14-35/h1-24H. The monoisotopic (exact) mass is 712 g/mol. The molecule has 0 amide bonds. The lowest BCUT2D eigenvalue weighted by molar-refractivity contribution is 1.40. The van der Waals surface area contributed by atoms with Gasteiger partial charge in [-0.05, 0) is 119 Å². The Hall–Kier alpha value is -8.56. The van der Waals surface area contributed by atoms with E-state index in [-0.39, 0.29) is 0 Å². The van der Waals surface area contributed by atoms with E-state index in [0.29, 0.717) is 67.9 Å². The van der Waals surface area contributed by atoms with Gasteiger partial charge in [0.05, 0.1) is 92.2 Å². The van der Waals surface area contributed by atoms with Gasteiger partial charge in [-0.25, -0.2) is 20.0 Å². The van der Waals surface area contributed by atoms with Crippen LogP contribution in [0.2, 0.25) is 0 Å². The molecule has 5 heterocycles. The third kappa shape index (κ3) is 5.89. The fraction of sp³-hybridized carbons (Fsp3) is 0. The minimum Gasteiger partial charge on any atom is -0.248 e. The van der Waals surface area contributed by atoms with E-state index in [0.717, 1.165) is 44.5 Å². The van der Waals surface area contributed by atoms with E-state index in [2.05, 4.69) is 24.3 Å². The second kappa shape index (κ2) is 13.8. The number of aliphatic imine (C=N–C) groups is 4. The Morgan fingerprint density at radius 3 is 0.643 bits per heavy atom. The average molecular weight is 713 g/mol. The van der Waals surface area contributed by atoms with E-state index in [4.69, 9.17) is 20.0 Å². The summed E-state index contributed by atoms with van der Waals surface area (Å²) >= 11 is 0. The fourth-order valence-corrected chi connectivity index (χ4v) is 7.12. The molecule has 0 atom stereocenters. The first-order valence-corrected chi connectivity index (χ1v) is 17.6. The second-order valence-corrected chi connectivity index (χ2v) is 13.1. The lowest BCUT2D eigenvalue weighted by atomic mass is 9.97. The van der Waals surface area contributed by atoms with Crippen LogP contribution in [0, 0.1) is 45.3 Å². The van der Waals surface area contributed by atoms with Gasteiger partial charge in [0.1, 0.15) is 0 Å². The molecule has 0 fully saturated rings. The van der Waals surface area contributed by atoms with Crippen molar-refractivity contribution in [1.29, 1.82) is 21.0 Å². The van der Waals surface area contributed by atoms with Crippen LogP contribution in [0.5, 0.6) is 0 Å². The Morgan fingerprint density at radius 2 is 0.464 bits per heavy atom. The summed E-state index contributed by atoms with van der Waals surface area (Å²) < 4.78 is 0. The molecule has 8 heteroatoms. The van der Waals surface area contributed by atoms with E-state index >= 15 is 0 Å². The summed E-state index contributed by atoms with van der Waals surface area (Å²) in [7, 11) is 0. The van der Waals surface area contributed by atoms with Crippen molar-refractivity contribution in [1.82, 2.24) is 0 Å². The molecule has 0 saturated heterocycles. The van der Waals surface area contributed by atoms with E-state index < -0.39 is 0 Å². The van der Waals surface area contributed by atoms with Crippen LogP contribution < -0.4 is 0 Å². The van der Waals surface area contributed by atoms with Crippen LogP contribution in [0.4, 0.5) is 0 Å². The first-order valence-electron chi connectivity index (χ1n) is 17.6. The minimum atomic E-state index is 0.538. The number of nitriles is 4. The fourth-order valence-electron chi connectivity index (χ4n) is 7.12. The Morgan fingerprint density at radius 1 is 0.268 bits per heavy atom. The van der Waals surface area contributed by atoms with Crippen molar-refractivity contribution < 1.29 is 0 Å². The molecule has 5 aliphatic heterocycles. The van der Waals surface area contributed by atoms with Crippen molar-refractivity contribution in [3.8, 4) is 24.3 Å². The van der Waals surface area contributed by atoms with Gasteiger partial charge in [0.15, 0.2) is 0 Å². The number of allylic oxidation sites excluding steroid dienone is 12. The molecule has 0 N–H and O–H groups in total. The maximum atomic E-state index is 9.57. The zero-order chi connectivity index (χ0) is 38.2. The summed E-state index contributed by atoms with van der Waals surface area (Å²) in [6, 6.07) is 38.3. The Kier molecular flexibility index (Phi) is 8.19. The van der Waals surface area contributed by atoms with Crippen molar-refractivity contribution in [2.24, 2.45) is 20.0 Å². The van der Waals surface area contributed by atoms with Gasteiger partial charge in [-0.15, -0.1) is 0 Å². The minimum absolute atomic E-state index is 0.538. The lowest BCUT2D eigenvalue weighted by Crippen LogP contribution is -2.04. The molecule has 256 valence electrons. The molecule has 8 nitrogen and oxygen atoms in total. The van der Waals surface area contributed by atoms with E-state index in [1.807, 2.05) is 97.1 Å². The number of hydrogen-bond donors (Lipinski definition) is 0. The van der Waals surface area contributed by atoms with Gasteiger partial charge < -0.3 is 0 Å². The number of nitrogens with zero attached hydrogens (tertiary/aromatic N) is 8. The number of hydrogen-bond acceptors (Lipinski definition) is 8. The predicted octanol–water partition coefficient (Wildman–Crippen LogP) is 9.18. The van der Waals surface area contributed by atoms with Crippen molar-refractivity contribution in [2.75, 3.05) is 0 Å². The molecule has 8 bridgehead atoms. The van der Waals surface area contributed by atoms with Gasteiger partial charge in [-0.2, -0.15) is 21.0 Å². The molecule has 5 aliphatic rings. The lowest BCUT2D eigenvalue weighted by Gasteiger charge is -2.13. The molecule has 0 spiro atoms.